The molecule has 2 heteroatoms. The van der Waals surface area contributed by atoms with Crippen molar-refractivity contribution in [3.05, 3.63) is 35.4 Å². The highest BCUT2D eigenvalue weighted by Crippen LogP contribution is 2.37. The Kier molecular flexibility index (Phi) is 9.80. The molecule has 2 nitrogen and oxygen atoms in total. The quantitative estimate of drug-likeness (QED) is 0.299. The van der Waals surface area contributed by atoms with E-state index in [-0.39, 0.29) is 18.0 Å². The Morgan fingerprint density at radius 1 is 0.815 bits per heavy atom. The molecule has 0 radical (unpaired) electrons. The zero-order valence-electron chi connectivity index (χ0n) is 17.5. The summed E-state index contributed by atoms with van der Waals surface area (Å²) >= 11 is 0. The lowest BCUT2D eigenvalue weighted by atomic mass is 9.77. The van der Waals surface area contributed by atoms with Crippen molar-refractivity contribution in [3.63, 3.8) is 0 Å². The molecule has 0 N–H and O–H groups in total. The number of carbonyl (C=O) groups is 2. The van der Waals surface area contributed by atoms with Crippen molar-refractivity contribution in [1.82, 2.24) is 0 Å². The van der Waals surface area contributed by atoms with E-state index in [9.17, 15) is 9.59 Å². The number of Topliss-reactive ketones (excluding diaryl/α,β-unsaturated/α-hetero) is 2. The summed E-state index contributed by atoms with van der Waals surface area (Å²) in [6, 6.07) is 8.44. The molecule has 150 valence electrons. The predicted octanol–water partition coefficient (Wildman–Crippen LogP) is 6.80. The number of carbonyl (C=O) groups excluding carboxylic acids is 2. The second-order valence-corrected chi connectivity index (χ2v) is 8.39. The number of unbranched alkanes of at least 4 members (excludes halogenated alkanes) is 5. The van der Waals surface area contributed by atoms with Gasteiger partial charge in [0, 0.05) is 12.8 Å². The topological polar surface area (TPSA) is 34.1 Å². The molecule has 1 aromatic carbocycles. The van der Waals surface area contributed by atoms with Crippen molar-refractivity contribution in [2.45, 2.75) is 103 Å². The van der Waals surface area contributed by atoms with Gasteiger partial charge in [-0.05, 0) is 48.6 Å². The van der Waals surface area contributed by atoms with Crippen molar-refractivity contribution in [1.29, 1.82) is 0 Å². The van der Waals surface area contributed by atoms with Crippen LogP contribution in [0.3, 0.4) is 0 Å². The average molecular weight is 371 g/mol. The third-order valence-corrected chi connectivity index (χ3v) is 6.26. The van der Waals surface area contributed by atoms with E-state index >= 15 is 0 Å². The maximum Gasteiger partial charge on any atom is 0.202 e. The van der Waals surface area contributed by atoms with Gasteiger partial charge < -0.3 is 0 Å². The van der Waals surface area contributed by atoms with Crippen LogP contribution in [0.2, 0.25) is 0 Å². The summed E-state index contributed by atoms with van der Waals surface area (Å²) in [6.07, 6.45) is 15.7. The fraction of sp³-hybridized carbons (Fsp3) is 0.680. The normalized spacial score (nSPS) is 19.8. The molecule has 0 atom stereocenters. The van der Waals surface area contributed by atoms with Gasteiger partial charge in [0.05, 0.1) is 0 Å². The van der Waals surface area contributed by atoms with Crippen LogP contribution in [-0.2, 0) is 16.0 Å². The maximum atomic E-state index is 11.8. The van der Waals surface area contributed by atoms with Gasteiger partial charge in [0.1, 0.15) is 0 Å². The lowest BCUT2D eigenvalue weighted by Gasteiger charge is -2.29. The first-order valence-corrected chi connectivity index (χ1v) is 11.3. The largest absolute Gasteiger partial charge is 0.291 e. The first-order valence-electron chi connectivity index (χ1n) is 11.3. The molecule has 0 amide bonds. The summed E-state index contributed by atoms with van der Waals surface area (Å²) in [7, 11) is 0. The summed E-state index contributed by atoms with van der Waals surface area (Å²) in [5, 5.41) is 0. The minimum atomic E-state index is -0.263. The number of hydrogen-bond acceptors (Lipinski definition) is 2. The fourth-order valence-corrected chi connectivity index (χ4v) is 4.39. The molecule has 2 rings (SSSR count). The monoisotopic (exact) mass is 370 g/mol. The smallest absolute Gasteiger partial charge is 0.202 e. The summed E-state index contributed by atoms with van der Waals surface area (Å²) in [5.74, 6) is 1.08. The minimum absolute atomic E-state index is 0.248. The summed E-state index contributed by atoms with van der Waals surface area (Å²) in [6.45, 7) is 4.02. The molecule has 1 saturated carbocycles. The number of hydrogen-bond donors (Lipinski definition) is 0. The van der Waals surface area contributed by atoms with Crippen molar-refractivity contribution in [2.75, 3.05) is 0 Å². The van der Waals surface area contributed by atoms with Crippen LogP contribution in [0.25, 0.3) is 0 Å². The van der Waals surface area contributed by atoms with Crippen LogP contribution in [0, 0.1) is 5.92 Å². The lowest BCUT2D eigenvalue weighted by Crippen LogP contribution is -2.15. The van der Waals surface area contributed by atoms with Crippen molar-refractivity contribution < 1.29 is 9.59 Å². The van der Waals surface area contributed by atoms with Gasteiger partial charge in [0.15, 0.2) is 5.78 Å². The second kappa shape index (κ2) is 12.1. The maximum absolute atomic E-state index is 11.8. The van der Waals surface area contributed by atoms with E-state index in [0.29, 0.717) is 12.3 Å². The summed E-state index contributed by atoms with van der Waals surface area (Å²) < 4.78 is 0. The van der Waals surface area contributed by atoms with E-state index in [1.165, 1.54) is 76.2 Å². The molecule has 0 bridgehead atoms. The van der Waals surface area contributed by atoms with E-state index in [0.717, 1.165) is 11.5 Å². The van der Waals surface area contributed by atoms with Crippen LogP contribution in [0.5, 0.6) is 0 Å². The summed E-state index contributed by atoms with van der Waals surface area (Å²) in [4.78, 5) is 23.2. The number of benzene rings is 1. The van der Waals surface area contributed by atoms with Crippen LogP contribution in [0.1, 0.15) is 108 Å². The van der Waals surface area contributed by atoms with Crippen molar-refractivity contribution >= 4 is 11.6 Å². The highest BCUT2D eigenvalue weighted by atomic mass is 16.2. The lowest BCUT2D eigenvalue weighted by molar-refractivity contribution is -0.136. The Morgan fingerprint density at radius 2 is 1.44 bits per heavy atom. The third kappa shape index (κ3) is 7.60. The van der Waals surface area contributed by atoms with Gasteiger partial charge in [0.25, 0.3) is 0 Å². The van der Waals surface area contributed by atoms with Crippen LogP contribution in [0.15, 0.2) is 24.3 Å². The van der Waals surface area contributed by atoms with Gasteiger partial charge in [-0.1, -0.05) is 83.1 Å². The SMILES string of the molecule is CCCCCCCCC1CCC(c2ccc(CC(=O)C(=O)CC)cc2)CC1. The minimum Gasteiger partial charge on any atom is -0.291 e. The Balaban J connectivity index is 1.69. The van der Waals surface area contributed by atoms with Gasteiger partial charge in [-0.3, -0.25) is 9.59 Å². The molecule has 0 heterocycles. The van der Waals surface area contributed by atoms with Gasteiger partial charge in [-0.25, -0.2) is 0 Å². The Morgan fingerprint density at radius 3 is 2.07 bits per heavy atom. The molecule has 0 unspecified atom stereocenters. The molecule has 27 heavy (non-hydrogen) atoms. The molecule has 1 fully saturated rings. The van der Waals surface area contributed by atoms with Gasteiger partial charge in [-0.15, -0.1) is 0 Å². The molecule has 0 aliphatic heterocycles. The fourth-order valence-electron chi connectivity index (χ4n) is 4.39. The van der Waals surface area contributed by atoms with E-state index in [2.05, 4.69) is 19.1 Å². The van der Waals surface area contributed by atoms with Crippen molar-refractivity contribution in [2.24, 2.45) is 5.92 Å². The Bertz CT molecular complexity index is 564. The number of rotatable bonds is 12. The van der Waals surface area contributed by atoms with E-state index in [1.807, 2.05) is 12.1 Å². The van der Waals surface area contributed by atoms with Gasteiger partial charge in [0.2, 0.25) is 5.78 Å². The van der Waals surface area contributed by atoms with E-state index in [4.69, 9.17) is 0 Å². The molecule has 0 aromatic heterocycles. The average Bonchev–Trinajstić information content (AvgIpc) is 2.71. The molecule has 1 aromatic rings. The van der Waals surface area contributed by atoms with Gasteiger partial charge >= 0.3 is 0 Å². The van der Waals surface area contributed by atoms with Gasteiger partial charge in [-0.2, -0.15) is 0 Å². The molecule has 1 aliphatic rings. The van der Waals surface area contributed by atoms with E-state index < -0.39 is 0 Å². The van der Waals surface area contributed by atoms with Crippen LogP contribution < -0.4 is 0 Å². The highest BCUT2D eigenvalue weighted by molar-refractivity contribution is 6.37. The van der Waals surface area contributed by atoms with Crippen LogP contribution in [0.4, 0.5) is 0 Å². The first-order chi connectivity index (χ1) is 13.1. The molecule has 1 aliphatic carbocycles. The number of ketones is 2. The molecular formula is C25H38O2. The van der Waals surface area contributed by atoms with Crippen LogP contribution >= 0.6 is 0 Å². The molecular weight excluding hydrogens is 332 g/mol. The van der Waals surface area contributed by atoms with E-state index in [1.54, 1.807) is 6.92 Å². The Labute approximate surface area is 166 Å². The highest BCUT2D eigenvalue weighted by Gasteiger charge is 2.22. The standard InChI is InChI=1S/C25H38O2/c1-3-5-6-7-8-9-10-20-11-15-22(16-12-20)23-17-13-21(14-18-23)19-25(27)24(26)4-2/h13-14,17-18,20,22H,3-12,15-16,19H2,1-2H3. The van der Waals surface area contributed by atoms with Crippen molar-refractivity contribution in [3.8, 4) is 0 Å². The predicted molar refractivity (Wildman–Crippen MR) is 113 cm³/mol. The zero-order valence-corrected chi connectivity index (χ0v) is 17.5. The second-order valence-electron chi connectivity index (χ2n) is 8.39. The first kappa shape index (κ1) is 21.9. The Hall–Kier alpha value is -1.44. The molecule has 0 spiro atoms. The zero-order chi connectivity index (χ0) is 19.5. The molecule has 0 saturated heterocycles. The third-order valence-electron chi connectivity index (χ3n) is 6.26. The van der Waals surface area contributed by atoms with Crippen LogP contribution in [-0.4, -0.2) is 11.6 Å². The summed E-state index contributed by atoms with van der Waals surface area (Å²) in [5.41, 5.74) is 2.37.